The molecule has 0 aliphatic rings. The van der Waals surface area contributed by atoms with Gasteiger partial charge in [0.2, 0.25) is 0 Å². The Kier molecular flexibility index (Phi) is 6.00. The number of nitro groups is 1. The van der Waals surface area contributed by atoms with E-state index in [2.05, 4.69) is 20.9 Å². The number of hydrogen-bond donors (Lipinski definition) is 3. The Labute approximate surface area is 169 Å². The summed E-state index contributed by atoms with van der Waals surface area (Å²) in [5, 5.41) is 18.9. The first-order valence-electron chi connectivity index (χ1n) is 8.26. The maximum atomic E-state index is 12.4. The Balaban J connectivity index is 1.63. The Bertz CT molecular complexity index is 1060. The first-order valence-corrected chi connectivity index (χ1v) is 8.63. The molecule has 3 amide bonds. The van der Waals surface area contributed by atoms with E-state index in [4.69, 9.17) is 11.6 Å². The molecule has 0 unspecified atom stereocenters. The average molecular weight is 412 g/mol. The van der Waals surface area contributed by atoms with Gasteiger partial charge >= 0.3 is 6.03 Å². The van der Waals surface area contributed by atoms with Crippen LogP contribution in [-0.4, -0.2) is 21.8 Å². The lowest BCUT2D eigenvalue weighted by molar-refractivity contribution is -0.384. The number of nitro benzene ring substituents is 1. The molecular formula is C19H14ClN5O4. The van der Waals surface area contributed by atoms with Gasteiger partial charge < -0.3 is 16.0 Å². The molecule has 0 fully saturated rings. The van der Waals surface area contributed by atoms with Crippen LogP contribution in [0.2, 0.25) is 5.02 Å². The highest BCUT2D eigenvalue weighted by molar-refractivity contribution is 6.34. The summed E-state index contributed by atoms with van der Waals surface area (Å²) < 4.78 is 0. The molecule has 146 valence electrons. The first-order chi connectivity index (χ1) is 13.9. The van der Waals surface area contributed by atoms with Gasteiger partial charge in [-0.1, -0.05) is 11.6 Å². The summed E-state index contributed by atoms with van der Waals surface area (Å²) in [6.45, 7) is 0. The highest BCUT2D eigenvalue weighted by atomic mass is 35.5. The number of nitrogens with one attached hydrogen (secondary N) is 3. The fraction of sp³-hybridized carbons (Fsp3) is 0. The summed E-state index contributed by atoms with van der Waals surface area (Å²) >= 11 is 5.97. The second-order valence-corrected chi connectivity index (χ2v) is 6.17. The van der Waals surface area contributed by atoms with Gasteiger partial charge in [0.25, 0.3) is 11.6 Å². The van der Waals surface area contributed by atoms with Crippen LogP contribution in [0.3, 0.4) is 0 Å². The fourth-order valence-corrected chi connectivity index (χ4v) is 2.57. The number of benzene rings is 2. The predicted molar refractivity (Wildman–Crippen MR) is 109 cm³/mol. The maximum absolute atomic E-state index is 12.4. The topological polar surface area (TPSA) is 126 Å². The zero-order valence-corrected chi connectivity index (χ0v) is 15.5. The third-order valence-electron chi connectivity index (χ3n) is 3.74. The van der Waals surface area contributed by atoms with Crippen LogP contribution in [0.25, 0.3) is 0 Å². The summed E-state index contributed by atoms with van der Waals surface area (Å²) in [6.07, 6.45) is 3.11. The van der Waals surface area contributed by atoms with Gasteiger partial charge in [-0.05, 0) is 42.5 Å². The average Bonchev–Trinajstić information content (AvgIpc) is 2.70. The minimum absolute atomic E-state index is 0.0141. The van der Waals surface area contributed by atoms with Crippen LogP contribution in [0.15, 0.2) is 67.0 Å². The van der Waals surface area contributed by atoms with Gasteiger partial charge in [-0.15, -0.1) is 0 Å². The zero-order valence-electron chi connectivity index (χ0n) is 14.8. The summed E-state index contributed by atoms with van der Waals surface area (Å²) in [4.78, 5) is 38.5. The second kappa shape index (κ2) is 8.81. The molecule has 9 nitrogen and oxygen atoms in total. The van der Waals surface area contributed by atoms with Crippen molar-refractivity contribution in [1.29, 1.82) is 0 Å². The number of rotatable bonds is 5. The van der Waals surface area contributed by atoms with Crippen molar-refractivity contribution in [3.63, 3.8) is 0 Å². The molecule has 1 aromatic heterocycles. The van der Waals surface area contributed by atoms with E-state index in [1.165, 1.54) is 12.1 Å². The van der Waals surface area contributed by atoms with E-state index in [-0.39, 0.29) is 16.3 Å². The monoisotopic (exact) mass is 411 g/mol. The van der Waals surface area contributed by atoms with Crippen molar-refractivity contribution in [3.8, 4) is 0 Å². The number of hydrogen-bond acceptors (Lipinski definition) is 5. The minimum Gasteiger partial charge on any atom is -0.322 e. The number of nitrogens with zero attached hydrogens (tertiary/aromatic N) is 2. The van der Waals surface area contributed by atoms with Crippen LogP contribution in [0.1, 0.15) is 10.4 Å². The molecule has 0 atom stereocenters. The minimum atomic E-state index is -0.607. The van der Waals surface area contributed by atoms with Crippen LogP contribution in [0.5, 0.6) is 0 Å². The molecule has 0 radical (unpaired) electrons. The van der Waals surface area contributed by atoms with Crippen LogP contribution in [0.4, 0.5) is 27.5 Å². The summed E-state index contributed by atoms with van der Waals surface area (Å²) in [7, 11) is 0. The van der Waals surface area contributed by atoms with Crippen molar-refractivity contribution >= 4 is 46.3 Å². The number of aromatic nitrogens is 1. The second-order valence-electron chi connectivity index (χ2n) is 5.77. The van der Waals surface area contributed by atoms with Crippen LogP contribution in [0, 0.1) is 10.1 Å². The van der Waals surface area contributed by atoms with E-state index in [9.17, 15) is 19.7 Å². The van der Waals surface area contributed by atoms with Crippen molar-refractivity contribution in [2.24, 2.45) is 0 Å². The largest absolute Gasteiger partial charge is 0.323 e. The summed E-state index contributed by atoms with van der Waals surface area (Å²) in [6, 6.07) is 12.8. The SMILES string of the molecule is O=C(Nc1ccncc1)Nc1ccc(NC(=O)c2cc([N+](=O)[O-])ccc2Cl)cc1. The van der Waals surface area contributed by atoms with E-state index in [0.29, 0.717) is 17.1 Å². The van der Waals surface area contributed by atoms with Crippen LogP contribution in [-0.2, 0) is 0 Å². The van der Waals surface area contributed by atoms with Crippen molar-refractivity contribution in [3.05, 3.63) is 87.7 Å². The van der Waals surface area contributed by atoms with E-state index in [1.54, 1.807) is 48.8 Å². The van der Waals surface area contributed by atoms with Crippen molar-refractivity contribution in [2.45, 2.75) is 0 Å². The lowest BCUT2D eigenvalue weighted by Gasteiger charge is -2.09. The number of carbonyl (C=O) groups excluding carboxylic acids is 2. The molecule has 0 aliphatic heterocycles. The fourth-order valence-electron chi connectivity index (χ4n) is 2.36. The maximum Gasteiger partial charge on any atom is 0.323 e. The van der Waals surface area contributed by atoms with Crippen molar-refractivity contribution in [1.82, 2.24) is 4.98 Å². The molecule has 1 heterocycles. The highest BCUT2D eigenvalue weighted by Crippen LogP contribution is 2.23. The number of anilines is 3. The molecule has 3 aromatic rings. The summed E-state index contributed by atoms with van der Waals surface area (Å²) in [5.41, 5.74) is 1.27. The van der Waals surface area contributed by atoms with Crippen molar-refractivity contribution < 1.29 is 14.5 Å². The van der Waals surface area contributed by atoms with Gasteiger partial charge in [0.1, 0.15) is 0 Å². The Morgan fingerprint density at radius 1 is 0.862 bits per heavy atom. The Hall–Kier alpha value is -3.98. The van der Waals surface area contributed by atoms with Gasteiger partial charge in [-0.25, -0.2) is 4.79 Å². The molecule has 2 aromatic carbocycles. The predicted octanol–water partition coefficient (Wildman–Crippen LogP) is 4.54. The third kappa shape index (κ3) is 5.27. The van der Waals surface area contributed by atoms with Crippen LogP contribution >= 0.6 is 11.6 Å². The Morgan fingerprint density at radius 2 is 1.41 bits per heavy atom. The molecule has 3 N–H and O–H groups in total. The van der Waals surface area contributed by atoms with Crippen molar-refractivity contribution in [2.75, 3.05) is 16.0 Å². The van der Waals surface area contributed by atoms with Gasteiger partial charge in [0.05, 0.1) is 15.5 Å². The molecule has 0 bridgehead atoms. The van der Waals surface area contributed by atoms with E-state index < -0.39 is 16.9 Å². The van der Waals surface area contributed by atoms with E-state index >= 15 is 0 Å². The van der Waals surface area contributed by atoms with Gasteiger partial charge in [-0.2, -0.15) is 0 Å². The molecule has 0 saturated carbocycles. The van der Waals surface area contributed by atoms with Gasteiger partial charge in [-0.3, -0.25) is 19.9 Å². The van der Waals surface area contributed by atoms with E-state index in [1.807, 2.05) is 0 Å². The van der Waals surface area contributed by atoms with Gasteiger partial charge in [0.15, 0.2) is 0 Å². The molecular weight excluding hydrogens is 398 g/mol. The number of amides is 3. The highest BCUT2D eigenvalue weighted by Gasteiger charge is 2.16. The number of urea groups is 1. The zero-order chi connectivity index (χ0) is 20.8. The Morgan fingerprint density at radius 3 is 2.00 bits per heavy atom. The standard InChI is InChI=1S/C19H14ClN5O4/c20-17-6-5-15(25(28)29)11-16(17)18(26)22-12-1-3-13(4-2-12)23-19(27)24-14-7-9-21-10-8-14/h1-11H,(H,22,26)(H2,21,23,24,27). The molecule has 3 rings (SSSR count). The quantitative estimate of drug-likeness (QED) is 0.419. The molecule has 0 saturated heterocycles. The smallest absolute Gasteiger partial charge is 0.322 e. The van der Waals surface area contributed by atoms with Crippen LogP contribution < -0.4 is 16.0 Å². The van der Waals surface area contributed by atoms with Gasteiger partial charge in [0, 0.05) is 41.6 Å². The third-order valence-corrected chi connectivity index (χ3v) is 4.07. The number of non-ortho nitro benzene ring substituents is 1. The molecule has 0 aliphatic carbocycles. The molecule has 10 heteroatoms. The summed E-state index contributed by atoms with van der Waals surface area (Å²) in [5.74, 6) is -0.588. The van der Waals surface area contributed by atoms with E-state index in [0.717, 1.165) is 6.07 Å². The lowest BCUT2D eigenvalue weighted by Crippen LogP contribution is -2.19. The number of halogens is 1. The number of pyridine rings is 1. The molecule has 29 heavy (non-hydrogen) atoms. The molecule has 0 spiro atoms. The lowest BCUT2D eigenvalue weighted by atomic mass is 10.2. The normalized spacial score (nSPS) is 10.1. The number of carbonyl (C=O) groups is 2. The first kappa shape index (κ1) is 19.8.